The number of rotatable bonds is 23. The van der Waals surface area contributed by atoms with Gasteiger partial charge in [0, 0.05) is 0 Å². The second-order valence-corrected chi connectivity index (χ2v) is 11.4. The molecule has 0 saturated heterocycles. The predicted molar refractivity (Wildman–Crippen MR) is 148 cm³/mol. The topological polar surface area (TPSA) is 132 Å². The van der Waals surface area contributed by atoms with Gasteiger partial charge in [-0.05, 0) is 37.0 Å². The van der Waals surface area contributed by atoms with Crippen LogP contribution in [0.15, 0.2) is 0 Å². The molecule has 0 aromatic carbocycles. The summed E-state index contributed by atoms with van der Waals surface area (Å²) in [6.45, 7) is 11.3. The Bertz CT molecular complexity index is 659. The molecular formula is C30H56O7. The maximum atomic E-state index is 13.3. The Labute approximate surface area is 225 Å². The highest BCUT2D eigenvalue weighted by Gasteiger charge is 2.70. The lowest BCUT2D eigenvalue weighted by atomic mass is 9.51. The van der Waals surface area contributed by atoms with Gasteiger partial charge in [-0.15, -0.1) is 0 Å². The number of aliphatic hydroxyl groups is 1. The van der Waals surface area contributed by atoms with Gasteiger partial charge < -0.3 is 20.4 Å². The van der Waals surface area contributed by atoms with Crippen LogP contribution in [-0.4, -0.2) is 43.9 Å². The molecule has 0 fully saturated rings. The van der Waals surface area contributed by atoms with Crippen molar-refractivity contribution in [1.82, 2.24) is 0 Å². The molecular weight excluding hydrogens is 472 g/mol. The van der Waals surface area contributed by atoms with Gasteiger partial charge >= 0.3 is 17.9 Å². The van der Waals surface area contributed by atoms with Crippen molar-refractivity contribution in [2.75, 3.05) is 0 Å². The van der Waals surface area contributed by atoms with E-state index in [0.29, 0.717) is 38.5 Å². The fourth-order valence-electron chi connectivity index (χ4n) is 6.49. The van der Waals surface area contributed by atoms with Gasteiger partial charge in [-0.1, -0.05) is 119 Å². The summed E-state index contributed by atoms with van der Waals surface area (Å²) in [5.41, 5.74) is -5.10. The molecule has 0 heterocycles. The highest BCUT2D eigenvalue weighted by Crippen LogP contribution is 2.54. The molecule has 0 aromatic heterocycles. The summed E-state index contributed by atoms with van der Waals surface area (Å²) in [4.78, 5) is 38.9. The van der Waals surface area contributed by atoms with E-state index in [-0.39, 0.29) is 0 Å². The van der Waals surface area contributed by atoms with Gasteiger partial charge in [0.2, 0.25) is 0 Å². The second kappa shape index (κ2) is 17.8. The lowest BCUT2D eigenvalue weighted by molar-refractivity contribution is -0.225. The molecule has 7 heteroatoms. The van der Waals surface area contributed by atoms with Crippen molar-refractivity contribution in [1.29, 1.82) is 0 Å². The first-order valence-electron chi connectivity index (χ1n) is 14.8. The average molecular weight is 529 g/mol. The standard InChI is InChI=1S/C30H56O7/c1-7-10-13-16-19-22(4)25(26(31)32)30(37,28(35)36)29(27(33)34,23(5)20-17-14-11-8-2)24(6)21-18-15-12-9-3/h22-25,37H,7-21H2,1-6H3,(H,31,32)(H,33,34)(H,35,36). The third kappa shape index (κ3) is 8.97. The first kappa shape index (κ1) is 35.4. The minimum Gasteiger partial charge on any atom is -0.481 e. The number of carboxylic acids is 3. The van der Waals surface area contributed by atoms with E-state index in [1.54, 1.807) is 20.8 Å². The Morgan fingerprint density at radius 1 is 0.595 bits per heavy atom. The smallest absolute Gasteiger partial charge is 0.337 e. The summed E-state index contributed by atoms with van der Waals surface area (Å²) >= 11 is 0. The largest absolute Gasteiger partial charge is 0.481 e. The molecule has 5 unspecified atom stereocenters. The van der Waals surface area contributed by atoms with Gasteiger partial charge in [0.05, 0.1) is 5.92 Å². The van der Waals surface area contributed by atoms with E-state index in [2.05, 4.69) is 20.8 Å². The molecule has 0 rings (SSSR count). The average Bonchev–Trinajstić information content (AvgIpc) is 2.82. The van der Waals surface area contributed by atoms with Gasteiger partial charge in [-0.3, -0.25) is 9.59 Å². The monoisotopic (exact) mass is 528 g/mol. The van der Waals surface area contributed by atoms with E-state index in [1.165, 1.54) is 0 Å². The highest BCUT2D eigenvalue weighted by molar-refractivity contribution is 5.94. The molecule has 7 nitrogen and oxygen atoms in total. The molecule has 0 bridgehead atoms. The SMILES string of the molecule is CCCCCCC(C)C(C(=O)O)C(O)(C(=O)O)C(C(=O)O)(C(C)CCCCCC)C(C)CCCCCC. The molecule has 0 amide bonds. The third-order valence-electron chi connectivity index (χ3n) is 8.64. The van der Waals surface area contributed by atoms with Crippen LogP contribution < -0.4 is 0 Å². The number of aliphatic carboxylic acids is 3. The highest BCUT2D eigenvalue weighted by atomic mass is 16.4. The van der Waals surface area contributed by atoms with Crippen molar-refractivity contribution in [3.05, 3.63) is 0 Å². The van der Waals surface area contributed by atoms with E-state index in [4.69, 9.17) is 0 Å². The van der Waals surface area contributed by atoms with Crippen LogP contribution in [0.5, 0.6) is 0 Å². The van der Waals surface area contributed by atoms with E-state index >= 15 is 0 Å². The van der Waals surface area contributed by atoms with E-state index in [9.17, 15) is 34.8 Å². The quantitative estimate of drug-likeness (QED) is 0.102. The summed E-state index contributed by atoms with van der Waals surface area (Å²) in [6, 6.07) is 0. The van der Waals surface area contributed by atoms with Gasteiger partial charge in [-0.2, -0.15) is 0 Å². The molecule has 5 atom stereocenters. The molecule has 218 valence electrons. The van der Waals surface area contributed by atoms with Crippen LogP contribution in [-0.2, 0) is 14.4 Å². The molecule has 0 radical (unpaired) electrons. The third-order valence-corrected chi connectivity index (χ3v) is 8.64. The van der Waals surface area contributed by atoms with Gasteiger partial charge in [0.1, 0.15) is 5.41 Å². The molecule has 0 aromatic rings. The number of unbranched alkanes of at least 4 members (excludes halogenated alkanes) is 9. The van der Waals surface area contributed by atoms with Crippen LogP contribution >= 0.6 is 0 Å². The van der Waals surface area contributed by atoms with Crippen molar-refractivity contribution < 1.29 is 34.8 Å². The summed E-state index contributed by atoms with van der Waals surface area (Å²) in [5, 5.41) is 43.8. The van der Waals surface area contributed by atoms with Crippen molar-refractivity contribution in [3.8, 4) is 0 Å². The fraction of sp³-hybridized carbons (Fsp3) is 0.900. The lowest BCUT2D eigenvalue weighted by Crippen LogP contribution is -2.69. The van der Waals surface area contributed by atoms with Gasteiger partial charge in [0.25, 0.3) is 0 Å². The lowest BCUT2D eigenvalue weighted by Gasteiger charge is -2.52. The van der Waals surface area contributed by atoms with Crippen LogP contribution in [0.2, 0.25) is 0 Å². The Kier molecular flexibility index (Phi) is 17.0. The number of carbonyl (C=O) groups is 3. The van der Waals surface area contributed by atoms with E-state index in [0.717, 1.165) is 57.8 Å². The number of hydrogen-bond acceptors (Lipinski definition) is 4. The first-order valence-corrected chi connectivity index (χ1v) is 14.8. The molecule has 0 aliphatic carbocycles. The minimum atomic E-state index is -2.96. The van der Waals surface area contributed by atoms with Crippen LogP contribution in [0.1, 0.15) is 138 Å². The number of hydrogen-bond donors (Lipinski definition) is 4. The maximum absolute atomic E-state index is 13.3. The molecule has 4 N–H and O–H groups in total. The maximum Gasteiger partial charge on any atom is 0.337 e. The number of carboxylic acid groups (broad SMARTS) is 3. The van der Waals surface area contributed by atoms with Crippen molar-refractivity contribution in [3.63, 3.8) is 0 Å². The normalized spacial score (nSPS) is 18.2. The Morgan fingerprint density at radius 3 is 1.27 bits per heavy atom. The van der Waals surface area contributed by atoms with Gasteiger partial charge in [-0.25, -0.2) is 4.79 Å². The summed E-state index contributed by atoms with van der Waals surface area (Å²) < 4.78 is 0. The molecule has 37 heavy (non-hydrogen) atoms. The summed E-state index contributed by atoms with van der Waals surface area (Å²) in [5.74, 6) is -8.49. The van der Waals surface area contributed by atoms with Gasteiger partial charge in [0.15, 0.2) is 5.60 Å². The van der Waals surface area contributed by atoms with Crippen LogP contribution in [0.25, 0.3) is 0 Å². The Balaban J connectivity index is 6.76. The summed E-state index contributed by atoms with van der Waals surface area (Å²) in [7, 11) is 0. The minimum absolute atomic E-state index is 0.415. The summed E-state index contributed by atoms with van der Waals surface area (Å²) in [6.07, 6.45) is 11.9. The van der Waals surface area contributed by atoms with Crippen LogP contribution in [0, 0.1) is 29.1 Å². The van der Waals surface area contributed by atoms with Crippen LogP contribution in [0.4, 0.5) is 0 Å². The predicted octanol–water partition coefficient (Wildman–Crippen LogP) is 7.39. The Hall–Kier alpha value is -1.63. The van der Waals surface area contributed by atoms with E-state index in [1.807, 2.05) is 0 Å². The fourth-order valence-corrected chi connectivity index (χ4v) is 6.49. The second-order valence-electron chi connectivity index (χ2n) is 11.4. The Morgan fingerprint density at radius 2 is 0.973 bits per heavy atom. The zero-order valence-corrected chi connectivity index (χ0v) is 24.4. The zero-order chi connectivity index (χ0) is 28.6. The van der Waals surface area contributed by atoms with E-state index < -0.39 is 52.6 Å². The first-order chi connectivity index (χ1) is 17.4. The zero-order valence-electron chi connectivity index (χ0n) is 24.4. The molecule has 0 aliphatic rings. The van der Waals surface area contributed by atoms with Crippen molar-refractivity contribution >= 4 is 17.9 Å². The molecule has 0 aliphatic heterocycles. The van der Waals surface area contributed by atoms with Crippen LogP contribution in [0.3, 0.4) is 0 Å². The molecule has 0 spiro atoms. The molecule has 0 saturated carbocycles. The van der Waals surface area contributed by atoms with Crippen molar-refractivity contribution in [2.24, 2.45) is 29.1 Å². The van der Waals surface area contributed by atoms with Crippen molar-refractivity contribution in [2.45, 2.75) is 143 Å².